The van der Waals surface area contributed by atoms with Crippen molar-refractivity contribution in [3.05, 3.63) is 52.0 Å². The van der Waals surface area contributed by atoms with E-state index in [9.17, 15) is 9.90 Å². The number of aromatic hydroxyl groups is 1. The number of phenols is 1. The number of nitrogens with one attached hydrogen (secondary N) is 2. The SMILES string of the molecule is COc1c(O)cc(C=NNC(=O)CNc2ccccc2C)cc1Br. The molecule has 7 heteroatoms. The summed E-state index contributed by atoms with van der Waals surface area (Å²) in [5.41, 5.74) is 5.01. The summed E-state index contributed by atoms with van der Waals surface area (Å²) >= 11 is 3.29. The van der Waals surface area contributed by atoms with Crippen LogP contribution < -0.4 is 15.5 Å². The summed E-state index contributed by atoms with van der Waals surface area (Å²) in [5, 5.41) is 16.7. The van der Waals surface area contributed by atoms with E-state index in [0.29, 0.717) is 15.8 Å². The number of ether oxygens (including phenoxy) is 1. The van der Waals surface area contributed by atoms with Gasteiger partial charge in [0, 0.05) is 5.69 Å². The lowest BCUT2D eigenvalue weighted by molar-refractivity contribution is -0.119. The molecule has 2 aromatic rings. The van der Waals surface area contributed by atoms with E-state index >= 15 is 0 Å². The van der Waals surface area contributed by atoms with E-state index in [1.54, 1.807) is 6.07 Å². The lowest BCUT2D eigenvalue weighted by Crippen LogP contribution is -2.26. The lowest BCUT2D eigenvalue weighted by Gasteiger charge is -2.08. The third-order valence-electron chi connectivity index (χ3n) is 3.24. The Bertz CT molecular complexity index is 739. The van der Waals surface area contributed by atoms with Gasteiger partial charge in [-0.3, -0.25) is 4.79 Å². The monoisotopic (exact) mass is 391 g/mol. The largest absolute Gasteiger partial charge is 0.504 e. The number of para-hydroxylation sites is 1. The van der Waals surface area contributed by atoms with Crippen molar-refractivity contribution in [3.8, 4) is 11.5 Å². The van der Waals surface area contributed by atoms with Crippen molar-refractivity contribution in [1.82, 2.24) is 5.43 Å². The summed E-state index contributed by atoms with van der Waals surface area (Å²) in [5.74, 6) is 0.0609. The molecule has 2 aromatic carbocycles. The first kappa shape index (κ1) is 17.8. The molecule has 0 unspecified atom stereocenters. The highest BCUT2D eigenvalue weighted by molar-refractivity contribution is 9.10. The second kappa shape index (κ2) is 8.35. The quantitative estimate of drug-likeness (QED) is 0.521. The molecule has 0 saturated carbocycles. The van der Waals surface area contributed by atoms with Crippen LogP contribution in [0.4, 0.5) is 5.69 Å². The molecule has 0 radical (unpaired) electrons. The fourth-order valence-electron chi connectivity index (χ4n) is 2.04. The van der Waals surface area contributed by atoms with Crippen molar-refractivity contribution in [2.75, 3.05) is 19.0 Å². The number of rotatable bonds is 6. The fourth-order valence-corrected chi connectivity index (χ4v) is 2.67. The van der Waals surface area contributed by atoms with Crippen LogP contribution in [0.25, 0.3) is 0 Å². The summed E-state index contributed by atoms with van der Waals surface area (Å²) in [4.78, 5) is 11.8. The molecule has 3 N–H and O–H groups in total. The molecule has 0 bridgehead atoms. The highest BCUT2D eigenvalue weighted by atomic mass is 79.9. The Morgan fingerprint density at radius 2 is 2.12 bits per heavy atom. The van der Waals surface area contributed by atoms with Crippen LogP contribution in [0, 0.1) is 6.92 Å². The van der Waals surface area contributed by atoms with Crippen molar-refractivity contribution < 1.29 is 14.6 Å². The van der Waals surface area contributed by atoms with Crippen molar-refractivity contribution in [2.45, 2.75) is 6.92 Å². The standard InChI is InChI=1S/C17H18BrN3O3/c1-11-5-3-4-6-14(11)19-10-16(23)21-20-9-12-7-13(18)17(24-2)15(22)8-12/h3-9,19,22H,10H2,1-2H3,(H,21,23). The maximum absolute atomic E-state index is 11.8. The summed E-state index contributed by atoms with van der Waals surface area (Å²) in [6.07, 6.45) is 1.44. The zero-order valence-electron chi connectivity index (χ0n) is 13.3. The molecule has 0 spiro atoms. The van der Waals surface area contributed by atoms with E-state index in [1.807, 2.05) is 31.2 Å². The molecule has 0 fully saturated rings. The molecular formula is C17H18BrN3O3. The van der Waals surface area contributed by atoms with E-state index in [2.05, 4.69) is 31.8 Å². The minimum atomic E-state index is -0.272. The van der Waals surface area contributed by atoms with Gasteiger partial charge in [0.1, 0.15) is 0 Å². The molecule has 0 aliphatic rings. The number of amides is 1. The van der Waals surface area contributed by atoms with Gasteiger partial charge in [0.2, 0.25) is 0 Å². The van der Waals surface area contributed by atoms with E-state index in [0.717, 1.165) is 11.3 Å². The van der Waals surface area contributed by atoms with E-state index in [1.165, 1.54) is 19.4 Å². The molecule has 24 heavy (non-hydrogen) atoms. The maximum atomic E-state index is 11.8. The van der Waals surface area contributed by atoms with Crippen LogP contribution in [-0.2, 0) is 4.79 Å². The van der Waals surface area contributed by atoms with Crippen LogP contribution in [0.15, 0.2) is 46.0 Å². The van der Waals surface area contributed by atoms with Gasteiger partial charge < -0.3 is 15.2 Å². The van der Waals surface area contributed by atoms with Crippen LogP contribution in [0.5, 0.6) is 11.5 Å². The van der Waals surface area contributed by atoms with Crippen LogP contribution in [-0.4, -0.2) is 30.9 Å². The number of hydrazone groups is 1. The highest BCUT2D eigenvalue weighted by Crippen LogP contribution is 2.34. The number of carbonyl (C=O) groups is 1. The van der Waals surface area contributed by atoms with Gasteiger partial charge in [-0.2, -0.15) is 5.10 Å². The Labute approximate surface area is 148 Å². The topological polar surface area (TPSA) is 83.0 Å². The van der Waals surface area contributed by atoms with Gasteiger partial charge in [-0.15, -0.1) is 0 Å². The summed E-state index contributed by atoms with van der Waals surface area (Å²) in [6.45, 7) is 2.08. The average Bonchev–Trinajstić information content (AvgIpc) is 2.54. The number of hydrogen-bond donors (Lipinski definition) is 3. The van der Waals surface area contributed by atoms with Crippen LogP contribution in [0.2, 0.25) is 0 Å². The predicted octanol–water partition coefficient (Wildman–Crippen LogP) is 3.03. The van der Waals surface area contributed by atoms with Gasteiger partial charge in [-0.1, -0.05) is 18.2 Å². The van der Waals surface area contributed by atoms with Crippen molar-refractivity contribution in [2.24, 2.45) is 5.10 Å². The lowest BCUT2D eigenvalue weighted by atomic mass is 10.2. The third kappa shape index (κ3) is 4.73. The van der Waals surface area contributed by atoms with Crippen LogP contribution in [0.3, 0.4) is 0 Å². The van der Waals surface area contributed by atoms with Gasteiger partial charge in [0.15, 0.2) is 11.5 Å². The predicted molar refractivity (Wildman–Crippen MR) is 97.8 cm³/mol. The summed E-state index contributed by atoms with van der Waals surface area (Å²) in [7, 11) is 1.47. The highest BCUT2D eigenvalue weighted by Gasteiger charge is 2.08. The Morgan fingerprint density at radius 3 is 2.79 bits per heavy atom. The van der Waals surface area contributed by atoms with Gasteiger partial charge >= 0.3 is 0 Å². The smallest absolute Gasteiger partial charge is 0.259 e. The number of benzene rings is 2. The zero-order valence-corrected chi connectivity index (χ0v) is 14.9. The number of aryl methyl sites for hydroxylation is 1. The fraction of sp³-hybridized carbons (Fsp3) is 0.176. The average molecular weight is 392 g/mol. The number of halogens is 1. The van der Waals surface area contributed by atoms with E-state index in [4.69, 9.17) is 4.74 Å². The van der Waals surface area contributed by atoms with Crippen molar-refractivity contribution in [1.29, 1.82) is 0 Å². The molecule has 0 aliphatic carbocycles. The van der Waals surface area contributed by atoms with Gasteiger partial charge in [-0.05, 0) is 52.2 Å². The van der Waals surface area contributed by atoms with Gasteiger partial charge in [-0.25, -0.2) is 5.43 Å². The Balaban J connectivity index is 1.90. The minimum Gasteiger partial charge on any atom is -0.504 e. The second-order valence-corrected chi connectivity index (χ2v) is 5.87. The number of phenolic OH excluding ortho intramolecular Hbond substituents is 1. The summed E-state index contributed by atoms with van der Waals surface area (Å²) < 4.78 is 5.63. The number of carbonyl (C=O) groups excluding carboxylic acids is 1. The molecule has 0 saturated heterocycles. The number of nitrogens with zero attached hydrogens (tertiary/aromatic N) is 1. The molecule has 6 nitrogen and oxygen atoms in total. The van der Waals surface area contributed by atoms with Crippen molar-refractivity contribution in [3.63, 3.8) is 0 Å². The van der Waals surface area contributed by atoms with Crippen molar-refractivity contribution >= 4 is 33.7 Å². The molecule has 126 valence electrons. The molecule has 1 amide bonds. The minimum absolute atomic E-state index is 0.0131. The van der Waals surface area contributed by atoms with Gasteiger partial charge in [0.05, 0.1) is 24.3 Å². The third-order valence-corrected chi connectivity index (χ3v) is 3.83. The molecule has 0 aliphatic heterocycles. The van der Waals surface area contributed by atoms with Gasteiger partial charge in [0.25, 0.3) is 5.91 Å². The molecule has 2 rings (SSSR count). The second-order valence-electron chi connectivity index (χ2n) is 5.02. The molecular weight excluding hydrogens is 374 g/mol. The maximum Gasteiger partial charge on any atom is 0.259 e. The normalized spacial score (nSPS) is 10.6. The number of anilines is 1. The van der Waals surface area contributed by atoms with E-state index < -0.39 is 0 Å². The Morgan fingerprint density at radius 1 is 1.38 bits per heavy atom. The molecule has 0 heterocycles. The number of methoxy groups -OCH3 is 1. The Hall–Kier alpha value is -2.54. The zero-order chi connectivity index (χ0) is 17.5. The molecule has 0 atom stereocenters. The molecule has 0 aromatic heterocycles. The summed E-state index contributed by atoms with van der Waals surface area (Å²) in [6, 6.07) is 10.9. The first-order valence-electron chi connectivity index (χ1n) is 7.19. The van der Waals surface area contributed by atoms with Crippen LogP contribution in [0.1, 0.15) is 11.1 Å². The first-order valence-corrected chi connectivity index (χ1v) is 7.98. The van der Waals surface area contributed by atoms with Crippen LogP contribution >= 0.6 is 15.9 Å². The number of hydrogen-bond acceptors (Lipinski definition) is 5. The van der Waals surface area contributed by atoms with E-state index in [-0.39, 0.29) is 18.2 Å². The first-order chi connectivity index (χ1) is 11.5. The Kier molecular flexibility index (Phi) is 6.20.